The molecular weight excluding hydrogens is 715 g/mol. The quantitative estimate of drug-likeness (QED) is 0.170. The highest BCUT2D eigenvalue weighted by Crippen LogP contribution is 2.60. The minimum Gasteiger partial charge on any atom is -0.208 e. The van der Waals surface area contributed by atoms with E-state index >= 15 is 0 Å². The van der Waals surface area contributed by atoms with Gasteiger partial charge in [-0.15, -0.1) is 0 Å². The van der Waals surface area contributed by atoms with Gasteiger partial charge in [-0.05, 0) is 78.4 Å². The molecule has 13 rings (SSSR count). The van der Waals surface area contributed by atoms with Gasteiger partial charge in [0.15, 0.2) is 17.5 Å². The second-order valence-corrected chi connectivity index (χ2v) is 15.8. The van der Waals surface area contributed by atoms with Crippen molar-refractivity contribution >= 4 is 10.8 Å². The van der Waals surface area contributed by atoms with Crippen molar-refractivity contribution in [2.24, 2.45) is 0 Å². The third kappa shape index (κ3) is 5.46. The lowest BCUT2D eigenvalue weighted by Crippen LogP contribution is -2.27. The summed E-state index contributed by atoms with van der Waals surface area (Å²) in [4.78, 5) is 15.7. The monoisotopic (exact) mass is 751 g/mol. The highest BCUT2D eigenvalue weighted by molar-refractivity contribution is 6.00. The van der Waals surface area contributed by atoms with Gasteiger partial charge in [0.2, 0.25) is 0 Å². The van der Waals surface area contributed by atoms with E-state index in [1.165, 1.54) is 55.3 Å². The maximum atomic E-state index is 5.26. The summed E-state index contributed by atoms with van der Waals surface area (Å²) in [6.45, 7) is 0. The molecule has 3 heteroatoms. The zero-order valence-corrected chi connectivity index (χ0v) is 32.3. The minimum absolute atomic E-state index is 0.274. The zero-order valence-electron chi connectivity index (χ0n) is 32.3. The van der Waals surface area contributed by atoms with Crippen molar-refractivity contribution in [1.82, 2.24) is 15.0 Å². The van der Waals surface area contributed by atoms with E-state index in [0.29, 0.717) is 23.4 Å². The molecule has 0 radical (unpaired) electrons. The Kier molecular flexibility index (Phi) is 7.74. The first-order valence-corrected chi connectivity index (χ1v) is 20.5. The van der Waals surface area contributed by atoms with Crippen molar-refractivity contribution in [3.63, 3.8) is 0 Å². The smallest absolute Gasteiger partial charge is 0.164 e. The molecular formula is C56H37N3. The van der Waals surface area contributed by atoms with Crippen LogP contribution in [0.1, 0.15) is 40.5 Å². The van der Waals surface area contributed by atoms with Crippen molar-refractivity contribution in [2.75, 3.05) is 0 Å². The molecule has 0 N–H and O–H groups in total. The fourth-order valence-corrected chi connectivity index (χ4v) is 9.94. The third-order valence-electron chi connectivity index (χ3n) is 12.6. The standard InChI is InChI=1S/C56H37N3/c1-2-13-35(14-3-1)36-27-31-39(32-28-36)54-57-55(59-56(58-54)49-21-9-6-18-44(49)43-23-10-16-37-15-4-5-17-41(37)43)40-33-29-38(30-34-40)42-22-11-26-50-51-45-19-7-8-20-47(45)53(52(42)50)48-25-12-24-46(48)51/h1-24,26-34,51,53H,25H2. The SMILES string of the molecule is C1=CC2=C(C1)C1c3ccccc3C2c2cccc(-c3ccc(-c4nc(-c5ccc(-c6ccccc6)cc5)nc(-c5ccccc5-c5cccc6ccccc56)n4)cc3)c21. The summed E-state index contributed by atoms with van der Waals surface area (Å²) in [5.74, 6) is 2.50. The lowest BCUT2D eigenvalue weighted by molar-refractivity contribution is 0.741. The Labute approximate surface area is 343 Å². The summed E-state index contributed by atoms with van der Waals surface area (Å²) < 4.78 is 0. The van der Waals surface area contributed by atoms with Crippen LogP contribution in [0.15, 0.2) is 211 Å². The molecule has 59 heavy (non-hydrogen) atoms. The number of rotatable bonds is 6. The predicted molar refractivity (Wildman–Crippen MR) is 241 cm³/mol. The second-order valence-electron chi connectivity index (χ2n) is 15.8. The number of benzene rings is 8. The van der Waals surface area contributed by atoms with Crippen LogP contribution in [0.3, 0.4) is 0 Å². The van der Waals surface area contributed by atoms with Crippen LogP contribution in [0.25, 0.3) is 78.3 Å². The van der Waals surface area contributed by atoms with E-state index in [-0.39, 0.29) is 5.92 Å². The Balaban J connectivity index is 0.981. The Hall–Kier alpha value is -7.49. The van der Waals surface area contributed by atoms with Gasteiger partial charge in [0.1, 0.15) is 0 Å². The van der Waals surface area contributed by atoms with Crippen molar-refractivity contribution in [3.8, 4) is 67.5 Å². The lowest BCUT2D eigenvalue weighted by Gasteiger charge is -2.43. The average molecular weight is 752 g/mol. The van der Waals surface area contributed by atoms with E-state index in [1.54, 1.807) is 5.57 Å². The van der Waals surface area contributed by atoms with E-state index in [4.69, 9.17) is 15.0 Å². The van der Waals surface area contributed by atoms with E-state index in [0.717, 1.165) is 39.8 Å². The van der Waals surface area contributed by atoms with Crippen LogP contribution in [0, 0.1) is 0 Å². The zero-order chi connectivity index (χ0) is 38.9. The van der Waals surface area contributed by atoms with E-state index in [9.17, 15) is 0 Å². The molecule has 2 unspecified atom stereocenters. The van der Waals surface area contributed by atoms with Crippen molar-refractivity contribution in [1.29, 1.82) is 0 Å². The molecule has 0 saturated carbocycles. The molecule has 0 spiro atoms. The summed E-state index contributed by atoms with van der Waals surface area (Å²) in [5, 5.41) is 2.39. The lowest BCUT2D eigenvalue weighted by atomic mass is 9.60. The Morgan fingerprint density at radius 2 is 0.881 bits per heavy atom. The van der Waals surface area contributed by atoms with Gasteiger partial charge in [-0.3, -0.25) is 0 Å². The summed E-state index contributed by atoms with van der Waals surface area (Å²) in [5.41, 5.74) is 18.8. The van der Waals surface area contributed by atoms with E-state index in [2.05, 4.69) is 194 Å². The largest absolute Gasteiger partial charge is 0.208 e. The molecule has 4 aliphatic carbocycles. The number of fused-ring (bicyclic) bond motifs is 1. The molecule has 2 atom stereocenters. The maximum Gasteiger partial charge on any atom is 0.164 e. The fraction of sp³-hybridized carbons (Fsp3) is 0.0536. The summed E-state index contributed by atoms with van der Waals surface area (Å²) >= 11 is 0. The Morgan fingerprint density at radius 1 is 0.356 bits per heavy atom. The molecule has 0 saturated heterocycles. The first-order chi connectivity index (χ1) is 29.3. The van der Waals surface area contributed by atoms with Crippen LogP contribution in [0.5, 0.6) is 0 Å². The molecule has 9 aromatic rings. The van der Waals surface area contributed by atoms with Gasteiger partial charge in [-0.1, -0.05) is 206 Å². The average Bonchev–Trinajstić information content (AvgIpc) is 3.82. The van der Waals surface area contributed by atoms with Gasteiger partial charge >= 0.3 is 0 Å². The molecule has 1 heterocycles. The van der Waals surface area contributed by atoms with Crippen LogP contribution in [0.4, 0.5) is 0 Å². The highest BCUT2D eigenvalue weighted by Gasteiger charge is 2.43. The van der Waals surface area contributed by atoms with Crippen molar-refractivity contribution in [3.05, 3.63) is 234 Å². The predicted octanol–water partition coefficient (Wildman–Crippen LogP) is 13.9. The number of hydrogen-bond acceptors (Lipinski definition) is 3. The number of nitrogens with zero attached hydrogens (tertiary/aromatic N) is 3. The molecule has 8 aromatic carbocycles. The van der Waals surface area contributed by atoms with Crippen LogP contribution in [0.2, 0.25) is 0 Å². The normalized spacial score (nSPS) is 15.9. The van der Waals surface area contributed by atoms with Gasteiger partial charge in [-0.25, -0.2) is 15.0 Å². The summed E-state index contributed by atoms with van der Waals surface area (Å²) in [7, 11) is 0. The molecule has 0 aliphatic heterocycles. The molecule has 1 aromatic heterocycles. The maximum absolute atomic E-state index is 5.26. The highest BCUT2D eigenvalue weighted by atomic mass is 15.0. The van der Waals surface area contributed by atoms with Crippen molar-refractivity contribution in [2.45, 2.75) is 18.3 Å². The molecule has 276 valence electrons. The third-order valence-corrected chi connectivity index (χ3v) is 12.6. The molecule has 0 fully saturated rings. The number of hydrogen-bond donors (Lipinski definition) is 0. The minimum atomic E-state index is 0.274. The second kappa shape index (κ2) is 13.6. The van der Waals surface area contributed by atoms with Gasteiger partial charge in [-0.2, -0.15) is 0 Å². The van der Waals surface area contributed by atoms with Gasteiger partial charge in [0, 0.05) is 28.5 Å². The Bertz CT molecular complexity index is 3170. The van der Waals surface area contributed by atoms with Crippen molar-refractivity contribution < 1.29 is 0 Å². The number of aromatic nitrogens is 3. The summed E-state index contributed by atoms with van der Waals surface area (Å²) in [6, 6.07) is 67.4. The van der Waals surface area contributed by atoms with Crippen LogP contribution >= 0.6 is 0 Å². The van der Waals surface area contributed by atoms with E-state index in [1.807, 2.05) is 6.07 Å². The first kappa shape index (κ1) is 33.6. The molecule has 4 aliphatic rings. The van der Waals surface area contributed by atoms with Gasteiger partial charge in [0.25, 0.3) is 0 Å². The molecule has 0 amide bonds. The van der Waals surface area contributed by atoms with Crippen LogP contribution in [-0.4, -0.2) is 15.0 Å². The first-order valence-electron chi connectivity index (χ1n) is 20.5. The number of allylic oxidation sites excluding steroid dienone is 4. The fourth-order valence-electron chi connectivity index (χ4n) is 9.94. The summed E-state index contributed by atoms with van der Waals surface area (Å²) in [6.07, 6.45) is 5.76. The van der Waals surface area contributed by atoms with Gasteiger partial charge < -0.3 is 0 Å². The Morgan fingerprint density at radius 3 is 1.66 bits per heavy atom. The molecule has 2 bridgehead atoms. The topological polar surface area (TPSA) is 38.7 Å². The van der Waals surface area contributed by atoms with E-state index < -0.39 is 0 Å². The van der Waals surface area contributed by atoms with Crippen LogP contribution in [-0.2, 0) is 0 Å². The van der Waals surface area contributed by atoms with Gasteiger partial charge in [0.05, 0.1) is 0 Å². The molecule has 3 nitrogen and oxygen atoms in total. The van der Waals surface area contributed by atoms with Crippen LogP contribution < -0.4 is 0 Å².